The highest BCUT2D eigenvalue weighted by atomic mass is 35.5. The topological polar surface area (TPSA) is 98.6 Å². The molecule has 7 heteroatoms. The fraction of sp³-hybridized carbons (Fsp3) is 0.200. The Bertz CT molecular complexity index is 1150. The molecule has 1 aromatic carbocycles. The average Bonchev–Trinajstić information content (AvgIpc) is 2.61. The van der Waals surface area contributed by atoms with E-state index in [0.717, 1.165) is 10.9 Å². The number of nitrogens with zero attached hydrogens (tertiary/aromatic N) is 2. The number of rotatable bonds is 4. The third kappa shape index (κ3) is 3.83. The van der Waals surface area contributed by atoms with E-state index in [-0.39, 0.29) is 17.9 Å². The lowest BCUT2D eigenvalue weighted by Crippen LogP contribution is -2.18. The van der Waals surface area contributed by atoms with Crippen LogP contribution >= 0.6 is 11.6 Å². The number of carbonyl (C=O) groups is 1. The SMILES string of the molecule is Cc1[nH]c(=O)c(C#N)c(C)c1CCC(=O)Nc1cc(Cl)cc2cccnc12. The molecular weight excluding hydrogens is 364 g/mol. The minimum absolute atomic E-state index is 0.0843. The zero-order valence-electron chi connectivity index (χ0n) is 14.9. The Labute approximate surface area is 160 Å². The number of nitriles is 1. The number of aryl methyl sites for hydroxylation is 1. The Morgan fingerprint density at radius 2 is 2.15 bits per heavy atom. The molecule has 0 atom stereocenters. The second kappa shape index (κ2) is 7.60. The van der Waals surface area contributed by atoms with Crippen LogP contribution in [0.5, 0.6) is 0 Å². The number of benzene rings is 1. The number of aromatic amines is 1. The maximum absolute atomic E-state index is 12.5. The molecule has 2 N–H and O–H groups in total. The summed E-state index contributed by atoms with van der Waals surface area (Å²) in [5, 5.41) is 13.3. The third-order valence-corrected chi connectivity index (χ3v) is 4.68. The highest BCUT2D eigenvalue weighted by molar-refractivity contribution is 6.32. The number of halogens is 1. The van der Waals surface area contributed by atoms with Crippen molar-refractivity contribution in [2.75, 3.05) is 5.32 Å². The van der Waals surface area contributed by atoms with Gasteiger partial charge in [-0.3, -0.25) is 14.6 Å². The van der Waals surface area contributed by atoms with Crippen molar-refractivity contribution in [3.63, 3.8) is 0 Å². The number of aromatic nitrogens is 2. The van der Waals surface area contributed by atoms with Crippen LogP contribution in [0.1, 0.15) is 28.8 Å². The van der Waals surface area contributed by atoms with Gasteiger partial charge in [-0.15, -0.1) is 0 Å². The summed E-state index contributed by atoms with van der Waals surface area (Å²) >= 11 is 6.13. The van der Waals surface area contributed by atoms with E-state index >= 15 is 0 Å². The van der Waals surface area contributed by atoms with Gasteiger partial charge in [-0.05, 0) is 49.6 Å². The normalized spacial score (nSPS) is 10.6. The first-order chi connectivity index (χ1) is 12.9. The summed E-state index contributed by atoms with van der Waals surface area (Å²) in [6, 6.07) is 9.05. The number of amides is 1. The van der Waals surface area contributed by atoms with Crippen molar-refractivity contribution in [1.29, 1.82) is 5.26 Å². The van der Waals surface area contributed by atoms with Crippen LogP contribution in [0.2, 0.25) is 5.02 Å². The van der Waals surface area contributed by atoms with Crippen LogP contribution in [0.25, 0.3) is 10.9 Å². The van der Waals surface area contributed by atoms with Crippen LogP contribution in [0.4, 0.5) is 5.69 Å². The summed E-state index contributed by atoms with van der Waals surface area (Å²) in [4.78, 5) is 31.2. The Balaban J connectivity index is 1.81. The van der Waals surface area contributed by atoms with Gasteiger partial charge in [0.05, 0.1) is 11.2 Å². The van der Waals surface area contributed by atoms with Crippen molar-refractivity contribution in [3.05, 3.63) is 68.2 Å². The fourth-order valence-electron chi connectivity index (χ4n) is 3.12. The van der Waals surface area contributed by atoms with Gasteiger partial charge in [-0.25, -0.2) is 0 Å². The number of fused-ring (bicyclic) bond motifs is 1. The molecule has 0 aliphatic rings. The number of carbonyl (C=O) groups excluding carboxylic acids is 1. The molecule has 2 heterocycles. The van der Waals surface area contributed by atoms with Gasteiger partial charge in [0, 0.05) is 28.7 Å². The molecule has 3 rings (SSSR count). The Hall–Kier alpha value is -3.17. The van der Waals surface area contributed by atoms with E-state index in [4.69, 9.17) is 16.9 Å². The molecule has 0 bridgehead atoms. The summed E-state index contributed by atoms with van der Waals surface area (Å²) in [6.07, 6.45) is 2.25. The van der Waals surface area contributed by atoms with Crippen LogP contribution in [0, 0.1) is 25.2 Å². The highest BCUT2D eigenvalue weighted by Crippen LogP contribution is 2.26. The molecule has 136 valence electrons. The molecule has 3 aromatic rings. The van der Waals surface area contributed by atoms with Crippen LogP contribution in [-0.2, 0) is 11.2 Å². The van der Waals surface area contributed by atoms with Crippen LogP contribution in [0.3, 0.4) is 0 Å². The standard InChI is InChI=1S/C20H17ClN4O2/c1-11-15(12(2)24-20(27)16(11)10-22)5-6-18(26)25-17-9-14(21)8-13-4-3-7-23-19(13)17/h3-4,7-9H,5-6H2,1-2H3,(H,24,27)(H,25,26). The summed E-state index contributed by atoms with van der Waals surface area (Å²) < 4.78 is 0. The van der Waals surface area contributed by atoms with Crippen molar-refractivity contribution in [2.45, 2.75) is 26.7 Å². The first kappa shape index (κ1) is 18.6. The predicted octanol–water partition coefficient (Wildman–Crippen LogP) is 3.64. The molecule has 27 heavy (non-hydrogen) atoms. The van der Waals surface area contributed by atoms with E-state index in [1.54, 1.807) is 38.2 Å². The van der Waals surface area contributed by atoms with Gasteiger partial charge in [0.15, 0.2) is 0 Å². The lowest BCUT2D eigenvalue weighted by molar-refractivity contribution is -0.116. The summed E-state index contributed by atoms with van der Waals surface area (Å²) in [6.45, 7) is 3.49. The van der Waals surface area contributed by atoms with Gasteiger partial charge in [-0.2, -0.15) is 5.26 Å². The van der Waals surface area contributed by atoms with Gasteiger partial charge in [0.1, 0.15) is 11.6 Å². The van der Waals surface area contributed by atoms with Crippen molar-refractivity contribution in [3.8, 4) is 6.07 Å². The Morgan fingerprint density at radius 1 is 1.37 bits per heavy atom. The molecule has 0 unspecified atom stereocenters. The molecule has 1 amide bonds. The molecule has 0 aliphatic heterocycles. The van der Waals surface area contributed by atoms with E-state index in [2.05, 4.69) is 15.3 Å². The van der Waals surface area contributed by atoms with Gasteiger partial charge in [0.2, 0.25) is 5.91 Å². The maximum Gasteiger partial charge on any atom is 0.266 e. The van der Waals surface area contributed by atoms with E-state index in [1.165, 1.54) is 0 Å². The van der Waals surface area contributed by atoms with Crippen LogP contribution < -0.4 is 10.9 Å². The lowest BCUT2D eigenvalue weighted by atomic mass is 9.99. The van der Waals surface area contributed by atoms with Crippen molar-refractivity contribution < 1.29 is 4.79 Å². The second-order valence-electron chi connectivity index (χ2n) is 6.25. The van der Waals surface area contributed by atoms with Gasteiger partial charge in [-0.1, -0.05) is 17.7 Å². The maximum atomic E-state index is 12.5. The first-order valence-corrected chi connectivity index (χ1v) is 8.75. The molecule has 6 nitrogen and oxygen atoms in total. The summed E-state index contributed by atoms with van der Waals surface area (Å²) in [5.74, 6) is -0.201. The number of hydrogen-bond donors (Lipinski definition) is 2. The monoisotopic (exact) mass is 380 g/mol. The quantitative estimate of drug-likeness (QED) is 0.721. The highest BCUT2D eigenvalue weighted by Gasteiger charge is 2.14. The van der Waals surface area contributed by atoms with E-state index in [1.807, 2.05) is 12.1 Å². The largest absolute Gasteiger partial charge is 0.325 e. The molecule has 0 fully saturated rings. The summed E-state index contributed by atoms with van der Waals surface area (Å²) in [7, 11) is 0. The number of hydrogen-bond acceptors (Lipinski definition) is 4. The zero-order valence-corrected chi connectivity index (χ0v) is 15.6. The average molecular weight is 381 g/mol. The second-order valence-corrected chi connectivity index (χ2v) is 6.68. The van der Waals surface area contributed by atoms with E-state index in [9.17, 15) is 9.59 Å². The molecule has 2 aromatic heterocycles. The van der Waals surface area contributed by atoms with Crippen molar-refractivity contribution >= 4 is 34.1 Å². The minimum Gasteiger partial charge on any atom is -0.325 e. The predicted molar refractivity (Wildman–Crippen MR) is 105 cm³/mol. The van der Waals surface area contributed by atoms with Crippen LogP contribution in [-0.4, -0.2) is 15.9 Å². The Kier molecular flexibility index (Phi) is 5.24. The van der Waals surface area contributed by atoms with Crippen LogP contribution in [0.15, 0.2) is 35.3 Å². The fourth-order valence-corrected chi connectivity index (χ4v) is 3.35. The number of nitrogens with one attached hydrogen (secondary N) is 2. The van der Waals surface area contributed by atoms with E-state index < -0.39 is 5.56 Å². The molecular formula is C20H17ClN4O2. The first-order valence-electron chi connectivity index (χ1n) is 8.37. The van der Waals surface area contributed by atoms with Gasteiger partial charge >= 0.3 is 0 Å². The van der Waals surface area contributed by atoms with Crippen molar-refractivity contribution in [1.82, 2.24) is 9.97 Å². The molecule has 0 spiro atoms. The number of H-pyrrole nitrogens is 1. The minimum atomic E-state index is -0.405. The van der Waals surface area contributed by atoms with Crippen molar-refractivity contribution in [2.24, 2.45) is 0 Å². The van der Waals surface area contributed by atoms with Gasteiger partial charge < -0.3 is 10.3 Å². The molecule has 0 aliphatic carbocycles. The number of anilines is 1. The zero-order chi connectivity index (χ0) is 19.6. The third-order valence-electron chi connectivity index (χ3n) is 4.47. The van der Waals surface area contributed by atoms with E-state index in [0.29, 0.717) is 33.9 Å². The smallest absolute Gasteiger partial charge is 0.266 e. The summed E-state index contributed by atoms with van der Waals surface area (Å²) in [5.41, 5.74) is 2.98. The Morgan fingerprint density at radius 3 is 2.89 bits per heavy atom. The lowest BCUT2D eigenvalue weighted by Gasteiger charge is -2.12. The number of pyridine rings is 2. The van der Waals surface area contributed by atoms with Gasteiger partial charge in [0.25, 0.3) is 5.56 Å². The molecule has 0 saturated heterocycles. The molecule has 0 radical (unpaired) electrons. The molecule has 0 saturated carbocycles.